The molecule has 1 aliphatic carbocycles. The first-order valence-corrected chi connectivity index (χ1v) is 9.08. The summed E-state index contributed by atoms with van der Waals surface area (Å²) in [4.78, 5) is 0. The normalized spacial score (nSPS) is 20.3. The van der Waals surface area contributed by atoms with Crippen LogP contribution in [0.1, 0.15) is 57.9 Å². The summed E-state index contributed by atoms with van der Waals surface area (Å²) in [6.07, 6.45) is 21.2. The van der Waals surface area contributed by atoms with E-state index in [0.717, 1.165) is 25.0 Å². The predicted molar refractivity (Wildman–Crippen MR) is 100.0 cm³/mol. The van der Waals surface area contributed by atoms with Crippen molar-refractivity contribution < 1.29 is 4.74 Å². The van der Waals surface area contributed by atoms with Gasteiger partial charge in [0, 0.05) is 6.42 Å². The van der Waals surface area contributed by atoms with Gasteiger partial charge in [-0.25, -0.2) is 0 Å². The lowest BCUT2D eigenvalue weighted by molar-refractivity contribution is 0.173. The fourth-order valence-corrected chi connectivity index (χ4v) is 2.88. The third-order valence-electron chi connectivity index (χ3n) is 4.21. The van der Waals surface area contributed by atoms with E-state index in [-0.39, 0.29) is 5.60 Å². The molecule has 1 atom stereocenters. The molecule has 1 nitrogen and oxygen atoms in total. The SMILES string of the molecule is CCCCCC=CC1(Oc2ccc(CCC)cc2)C=CC=CC1. The molecular formula is C22H30O. The van der Waals surface area contributed by atoms with Gasteiger partial charge in [0.25, 0.3) is 0 Å². The molecule has 1 heteroatoms. The molecular weight excluding hydrogens is 280 g/mol. The first-order valence-electron chi connectivity index (χ1n) is 9.08. The summed E-state index contributed by atoms with van der Waals surface area (Å²) in [5.74, 6) is 0.947. The second-order valence-corrected chi connectivity index (χ2v) is 6.34. The van der Waals surface area contributed by atoms with Crippen molar-refractivity contribution in [3.63, 3.8) is 0 Å². The second kappa shape index (κ2) is 9.39. The summed E-state index contributed by atoms with van der Waals surface area (Å²) in [6, 6.07) is 8.56. The zero-order chi connectivity index (χ0) is 16.4. The minimum Gasteiger partial charge on any atom is -0.479 e. The van der Waals surface area contributed by atoms with Crippen molar-refractivity contribution in [3.05, 3.63) is 66.3 Å². The molecule has 0 saturated heterocycles. The van der Waals surface area contributed by atoms with Crippen LogP contribution in [0.2, 0.25) is 0 Å². The van der Waals surface area contributed by atoms with Crippen molar-refractivity contribution in [2.24, 2.45) is 0 Å². The van der Waals surface area contributed by atoms with Crippen LogP contribution in [-0.2, 0) is 6.42 Å². The fraction of sp³-hybridized carbons (Fsp3) is 0.455. The van der Waals surface area contributed by atoms with Gasteiger partial charge in [0.2, 0.25) is 0 Å². The Morgan fingerprint density at radius 3 is 2.52 bits per heavy atom. The summed E-state index contributed by atoms with van der Waals surface area (Å²) in [5.41, 5.74) is 1.05. The maximum Gasteiger partial charge on any atom is 0.149 e. The van der Waals surface area contributed by atoms with Crippen molar-refractivity contribution in [2.75, 3.05) is 0 Å². The van der Waals surface area contributed by atoms with Crippen molar-refractivity contribution in [2.45, 2.75) is 64.4 Å². The van der Waals surface area contributed by atoms with Gasteiger partial charge in [0.1, 0.15) is 11.4 Å². The summed E-state index contributed by atoms with van der Waals surface area (Å²) < 4.78 is 6.36. The molecule has 124 valence electrons. The molecule has 0 aliphatic heterocycles. The molecule has 0 N–H and O–H groups in total. The minimum atomic E-state index is -0.326. The average molecular weight is 310 g/mol. The van der Waals surface area contributed by atoms with Gasteiger partial charge in [-0.2, -0.15) is 0 Å². The highest BCUT2D eigenvalue weighted by Crippen LogP contribution is 2.28. The number of aryl methyl sites for hydroxylation is 1. The van der Waals surface area contributed by atoms with Gasteiger partial charge < -0.3 is 4.74 Å². The van der Waals surface area contributed by atoms with E-state index >= 15 is 0 Å². The van der Waals surface area contributed by atoms with Crippen molar-refractivity contribution in [1.82, 2.24) is 0 Å². The van der Waals surface area contributed by atoms with Crippen LogP contribution < -0.4 is 4.74 Å². The first kappa shape index (κ1) is 17.6. The third-order valence-corrected chi connectivity index (χ3v) is 4.21. The number of ether oxygens (including phenoxy) is 1. The van der Waals surface area contributed by atoms with E-state index in [1.807, 2.05) is 0 Å². The lowest BCUT2D eigenvalue weighted by Gasteiger charge is -2.29. The zero-order valence-corrected chi connectivity index (χ0v) is 14.6. The molecule has 0 aromatic heterocycles. The molecule has 2 rings (SSSR count). The highest BCUT2D eigenvalue weighted by molar-refractivity contribution is 5.32. The maximum absolute atomic E-state index is 6.36. The Hall–Kier alpha value is -1.76. The first-order chi connectivity index (χ1) is 11.3. The van der Waals surface area contributed by atoms with E-state index in [1.54, 1.807) is 0 Å². The zero-order valence-electron chi connectivity index (χ0n) is 14.6. The Bertz CT molecular complexity index is 536. The van der Waals surface area contributed by atoms with Gasteiger partial charge in [-0.05, 0) is 49.1 Å². The number of allylic oxidation sites excluding steroid dienone is 3. The van der Waals surface area contributed by atoms with E-state index in [4.69, 9.17) is 4.74 Å². The molecule has 0 saturated carbocycles. The van der Waals surface area contributed by atoms with Gasteiger partial charge in [-0.3, -0.25) is 0 Å². The number of unbranched alkanes of at least 4 members (excludes halogenated alkanes) is 3. The lowest BCUT2D eigenvalue weighted by Crippen LogP contribution is -2.31. The summed E-state index contributed by atoms with van der Waals surface area (Å²) in [5, 5.41) is 0. The highest BCUT2D eigenvalue weighted by atomic mass is 16.5. The van der Waals surface area contributed by atoms with Gasteiger partial charge in [-0.15, -0.1) is 0 Å². The molecule has 0 heterocycles. The molecule has 0 bridgehead atoms. The fourth-order valence-electron chi connectivity index (χ4n) is 2.88. The number of hydrogen-bond donors (Lipinski definition) is 0. The predicted octanol–water partition coefficient (Wildman–Crippen LogP) is 6.41. The summed E-state index contributed by atoms with van der Waals surface area (Å²) in [6.45, 7) is 4.45. The van der Waals surface area contributed by atoms with Crippen LogP contribution in [-0.4, -0.2) is 5.60 Å². The Balaban J connectivity index is 2.03. The van der Waals surface area contributed by atoms with E-state index in [2.05, 4.69) is 74.6 Å². The summed E-state index contributed by atoms with van der Waals surface area (Å²) >= 11 is 0. The Morgan fingerprint density at radius 2 is 1.87 bits per heavy atom. The minimum absolute atomic E-state index is 0.326. The van der Waals surface area contributed by atoms with Gasteiger partial charge in [-0.1, -0.05) is 69.5 Å². The smallest absolute Gasteiger partial charge is 0.149 e. The number of rotatable bonds is 9. The largest absolute Gasteiger partial charge is 0.479 e. The van der Waals surface area contributed by atoms with Crippen molar-refractivity contribution in [3.8, 4) is 5.75 Å². The van der Waals surface area contributed by atoms with Crippen LogP contribution >= 0.6 is 0 Å². The highest BCUT2D eigenvalue weighted by Gasteiger charge is 2.26. The molecule has 0 fully saturated rings. The number of hydrogen-bond acceptors (Lipinski definition) is 1. The summed E-state index contributed by atoms with van der Waals surface area (Å²) in [7, 11) is 0. The molecule has 1 aromatic carbocycles. The monoisotopic (exact) mass is 310 g/mol. The van der Waals surface area contributed by atoms with E-state index in [1.165, 1.54) is 31.2 Å². The van der Waals surface area contributed by atoms with Crippen LogP contribution in [0.5, 0.6) is 5.75 Å². The van der Waals surface area contributed by atoms with Crippen LogP contribution in [0.4, 0.5) is 0 Å². The van der Waals surface area contributed by atoms with E-state index in [9.17, 15) is 0 Å². The van der Waals surface area contributed by atoms with Gasteiger partial charge in [0.15, 0.2) is 0 Å². The quantitative estimate of drug-likeness (QED) is 0.378. The molecule has 0 amide bonds. The second-order valence-electron chi connectivity index (χ2n) is 6.34. The maximum atomic E-state index is 6.36. The Morgan fingerprint density at radius 1 is 1.04 bits per heavy atom. The molecule has 1 aromatic rings. The van der Waals surface area contributed by atoms with Crippen LogP contribution in [0, 0.1) is 0 Å². The standard InChI is InChI=1S/C22H30O/c1-3-5-6-7-9-17-22(18-10-8-11-19-22)23-21-15-13-20(12-4-2)14-16-21/h8-11,13-18H,3-7,12,19H2,1-2H3. The Kier molecular flexibility index (Phi) is 7.19. The van der Waals surface area contributed by atoms with Crippen LogP contribution in [0.3, 0.4) is 0 Å². The number of benzene rings is 1. The van der Waals surface area contributed by atoms with Crippen molar-refractivity contribution in [1.29, 1.82) is 0 Å². The van der Waals surface area contributed by atoms with E-state index < -0.39 is 0 Å². The topological polar surface area (TPSA) is 9.23 Å². The molecule has 23 heavy (non-hydrogen) atoms. The average Bonchev–Trinajstić information content (AvgIpc) is 2.58. The lowest BCUT2D eigenvalue weighted by atomic mass is 9.93. The Labute approximate surface area is 141 Å². The van der Waals surface area contributed by atoms with Gasteiger partial charge >= 0.3 is 0 Å². The molecule has 0 radical (unpaired) electrons. The molecule has 0 spiro atoms. The van der Waals surface area contributed by atoms with E-state index in [0.29, 0.717) is 0 Å². The van der Waals surface area contributed by atoms with Gasteiger partial charge in [0.05, 0.1) is 0 Å². The molecule has 1 aliphatic rings. The van der Waals surface area contributed by atoms with Crippen LogP contribution in [0.15, 0.2) is 60.7 Å². The molecule has 1 unspecified atom stereocenters. The third kappa shape index (κ3) is 5.74. The van der Waals surface area contributed by atoms with Crippen LogP contribution in [0.25, 0.3) is 0 Å². The van der Waals surface area contributed by atoms with Crippen molar-refractivity contribution >= 4 is 0 Å².